The highest BCUT2D eigenvalue weighted by molar-refractivity contribution is 5.71. The summed E-state index contributed by atoms with van der Waals surface area (Å²) in [4.78, 5) is 14.2. The van der Waals surface area contributed by atoms with Gasteiger partial charge in [-0.05, 0) is 50.6 Å². The van der Waals surface area contributed by atoms with E-state index in [4.69, 9.17) is 9.47 Å². The van der Waals surface area contributed by atoms with Crippen LogP contribution in [0.25, 0.3) is 0 Å². The van der Waals surface area contributed by atoms with Crippen LogP contribution in [0.15, 0.2) is 42.5 Å². The number of fused-ring (bicyclic) bond motifs is 3. The van der Waals surface area contributed by atoms with Crippen LogP contribution >= 0.6 is 0 Å². The molecule has 0 aromatic heterocycles. The van der Waals surface area contributed by atoms with Crippen LogP contribution in [-0.2, 0) is 20.4 Å². The van der Waals surface area contributed by atoms with Gasteiger partial charge in [0.05, 0.1) is 24.3 Å². The molecule has 5 nitrogen and oxygen atoms in total. The van der Waals surface area contributed by atoms with Crippen molar-refractivity contribution >= 4 is 11.7 Å². The summed E-state index contributed by atoms with van der Waals surface area (Å²) >= 11 is 0. The lowest BCUT2D eigenvalue weighted by molar-refractivity contribution is -0.158. The van der Waals surface area contributed by atoms with Crippen molar-refractivity contribution in [3.8, 4) is 0 Å². The number of halogens is 3. The normalized spacial score (nSPS) is 28.2. The van der Waals surface area contributed by atoms with Gasteiger partial charge in [0, 0.05) is 29.1 Å². The number of ether oxygens (including phenoxy) is 2. The van der Waals surface area contributed by atoms with E-state index in [-0.39, 0.29) is 43.1 Å². The lowest BCUT2D eigenvalue weighted by atomic mass is 9.73. The van der Waals surface area contributed by atoms with Gasteiger partial charge in [-0.25, -0.2) is 0 Å². The molecule has 0 amide bonds. The first-order valence-corrected chi connectivity index (χ1v) is 12.1. The van der Waals surface area contributed by atoms with Gasteiger partial charge in [0.15, 0.2) is 0 Å². The molecule has 1 unspecified atom stereocenters. The zero-order valence-electron chi connectivity index (χ0n) is 19.7. The van der Waals surface area contributed by atoms with E-state index in [0.717, 1.165) is 32.0 Å². The molecule has 8 heteroatoms. The summed E-state index contributed by atoms with van der Waals surface area (Å²) in [6, 6.07) is 3.90. The molecular weight excluding hydrogens is 445 g/mol. The highest BCUT2D eigenvalue weighted by Crippen LogP contribution is 2.49. The fraction of sp³-hybridized carbons (Fsp3) is 0.577. The molecule has 0 radical (unpaired) electrons. The number of hydrogen-bond donors (Lipinski definition) is 1. The fourth-order valence-corrected chi connectivity index (χ4v) is 5.24. The molecule has 0 spiro atoms. The third kappa shape index (κ3) is 5.49. The zero-order chi connectivity index (χ0) is 24.3. The number of rotatable bonds is 7. The van der Waals surface area contributed by atoms with Gasteiger partial charge < -0.3 is 14.8 Å². The SMILES string of the molecule is CCN(CC)CC(=O)OC[C@H]1CC[C@@H]2[C@H](O1)c1cc(C(F)(F)F)ccc1N[C@H]2C1C=CC=CC1. The Morgan fingerprint density at radius 2 is 2.00 bits per heavy atom. The quantitative estimate of drug-likeness (QED) is 0.535. The van der Waals surface area contributed by atoms with Crippen molar-refractivity contribution in [3.63, 3.8) is 0 Å². The first kappa shape index (κ1) is 24.8. The Morgan fingerprint density at radius 1 is 1.21 bits per heavy atom. The molecule has 1 aliphatic carbocycles. The van der Waals surface area contributed by atoms with Crippen LogP contribution in [0.3, 0.4) is 0 Å². The molecular formula is C26H33F3N2O3. The summed E-state index contributed by atoms with van der Waals surface area (Å²) < 4.78 is 52.2. The van der Waals surface area contributed by atoms with Crippen LogP contribution in [0.2, 0.25) is 0 Å². The standard InChI is InChI=1S/C26H33F3N2O3/c1-3-31(4-2)15-23(32)33-16-19-11-12-20-24(17-8-6-5-7-9-17)30-22-13-10-18(26(27,28)29)14-21(22)25(20)34-19/h5-8,10,13-14,17,19-20,24-25,30H,3-4,9,11-12,15-16H2,1-2H3/t17?,19-,20+,24+,25+/m1/s1. The predicted molar refractivity (Wildman–Crippen MR) is 124 cm³/mol. The lowest BCUT2D eigenvalue weighted by Crippen LogP contribution is -2.47. The zero-order valence-corrected chi connectivity index (χ0v) is 19.7. The average Bonchev–Trinajstić information content (AvgIpc) is 2.85. The molecule has 1 saturated heterocycles. The smallest absolute Gasteiger partial charge is 0.416 e. The van der Waals surface area contributed by atoms with Crippen LogP contribution in [-0.4, -0.2) is 49.3 Å². The van der Waals surface area contributed by atoms with Crippen molar-refractivity contribution in [2.24, 2.45) is 11.8 Å². The molecule has 4 rings (SSSR count). The largest absolute Gasteiger partial charge is 0.462 e. The number of allylic oxidation sites excluding steroid dienone is 3. The molecule has 0 saturated carbocycles. The van der Waals surface area contributed by atoms with E-state index < -0.39 is 17.8 Å². The number of esters is 1. The molecule has 1 fully saturated rings. The maximum Gasteiger partial charge on any atom is 0.416 e. The molecule has 0 bridgehead atoms. The van der Waals surface area contributed by atoms with Gasteiger partial charge in [0.2, 0.25) is 0 Å². The van der Waals surface area contributed by atoms with Gasteiger partial charge in [-0.1, -0.05) is 38.2 Å². The van der Waals surface area contributed by atoms with Gasteiger partial charge in [-0.2, -0.15) is 13.2 Å². The van der Waals surface area contributed by atoms with Gasteiger partial charge in [-0.15, -0.1) is 0 Å². The third-order valence-electron chi connectivity index (χ3n) is 7.17. The van der Waals surface area contributed by atoms with Gasteiger partial charge >= 0.3 is 12.1 Å². The van der Waals surface area contributed by atoms with Crippen LogP contribution in [0, 0.1) is 11.8 Å². The molecule has 186 valence electrons. The Hall–Kier alpha value is -2.32. The van der Waals surface area contributed by atoms with Crippen molar-refractivity contribution in [1.82, 2.24) is 4.90 Å². The van der Waals surface area contributed by atoms with E-state index in [2.05, 4.69) is 17.5 Å². The van der Waals surface area contributed by atoms with Crippen molar-refractivity contribution in [3.05, 3.63) is 53.6 Å². The molecule has 3 aliphatic rings. The van der Waals surface area contributed by atoms with E-state index in [0.29, 0.717) is 17.7 Å². The molecule has 1 aromatic rings. The van der Waals surface area contributed by atoms with Gasteiger partial charge in [0.1, 0.15) is 6.61 Å². The van der Waals surface area contributed by atoms with E-state index in [1.807, 2.05) is 30.9 Å². The Morgan fingerprint density at radius 3 is 2.68 bits per heavy atom. The molecule has 1 aromatic carbocycles. The molecule has 34 heavy (non-hydrogen) atoms. The van der Waals surface area contributed by atoms with Crippen molar-refractivity contribution in [2.75, 3.05) is 31.6 Å². The second kappa shape index (κ2) is 10.5. The minimum Gasteiger partial charge on any atom is -0.462 e. The number of hydrogen-bond acceptors (Lipinski definition) is 5. The number of nitrogens with zero attached hydrogens (tertiary/aromatic N) is 1. The summed E-state index contributed by atoms with van der Waals surface area (Å²) in [5.41, 5.74) is 0.536. The molecule has 2 aliphatic heterocycles. The van der Waals surface area contributed by atoms with E-state index in [1.165, 1.54) is 12.1 Å². The summed E-state index contributed by atoms with van der Waals surface area (Å²) in [7, 11) is 0. The first-order chi connectivity index (χ1) is 16.3. The van der Waals surface area contributed by atoms with Crippen molar-refractivity contribution in [1.29, 1.82) is 0 Å². The first-order valence-electron chi connectivity index (χ1n) is 12.1. The summed E-state index contributed by atoms with van der Waals surface area (Å²) in [6.07, 6.45) is 5.41. The highest BCUT2D eigenvalue weighted by Gasteiger charge is 2.45. The number of benzene rings is 1. The molecule has 2 heterocycles. The number of alkyl halides is 3. The summed E-state index contributed by atoms with van der Waals surface area (Å²) in [5.74, 6) is -0.0451. The number of carbonyl (C=O) groups excluding carboxylic acids is 1. The Labute approximate surface area is 199 Å². The monoisotopic (exact) mass is 478 g/mol. The average molecular weight is 479 g/mol. The number of anilines is 1. The summed E-state index contributed by atoms with van der Waals surface area (Å²) in [5, 5.41) is 3.52. The number of likely N-dealkylation sites (N-methyl/N-ethyl adjacent to an activating group) is 1. The predicted octanol–water partition coefficient (Wildman–Crippen LogP) is 5.35. The van der Waals surface area contributed by atoms with Crippen molar-refractivity contribution in [2.45, 2.75) is 57.5 Å². The van der Waals surface area contributed by atoms with Gasteiger partial charge in [0.25, 0.3) is 0 Å². The maximum atomic E-state index is 13.5. The van der Waals surface area contributed by atoms with Crippen LogP contribution in [0.1, 0.15) is 50.3 Å². The maximum absolute atomic E-state index is 13.5. The molecule has 1 N–H and O–H groups in total. The number of carbonyl (C=O) groups is 1. The lowest BCUT2D eigenvalue weighted by Gasteiger charge is -2.47. The van der Waals surface area contributed by atoms with Crippen LogP contribution in [0.5, 0.6) is 0 Å². The number of nitrogens with one attached hydrogen (secondary N) is 1. The fourth-order valence-electron chi connectivity index (χ4n) is 5.24. The van der Waals surface area contributed by atoms with E-state index >= 15 is 0 Å². The third-order valence-corrected chi connectivity index (χ3v) is 7.17. The van der Waals surface area contributed by atoms with Crippen molar-refractivity contribution < 1.29 is 27.4 Å². The second-order valence-corrected chi connectivity index (χ2v) is 9.25. The Bertz CT molecular complexity index is 926. The highest BCUT2D eigenvalue weighted by atomic mass is 19.4. The van der Waals surface area contributed by atoms with Crippen LogP contribution in [0.4, 0.5) is 18.9 Å². The Kier molecular flexibility index (Phi) is 7.67. The second-order valence-electron chi connectivity index (χ2n) is 9.25. The molecule has 5 atom stereocenters. The van der Waals surface area contributed by atoms with Crippen LogP contribution < -0.4 is 5.32 Å². The van der Waals surface area contributed by atoms with E-state index in [1.54, 1.807) is 0 Å². The van der Waals surface area contributed by atoms with Gasteiger partial charge in [-0.3, -0.25) is 9.69 Å². The topological polar surface area (TPSA) is 50.8 Å². The minimum atomic E-state index is -4.42. The summed E-state index contributed by atoms with van der Waals surface area (Å²) in [6.45, 7) is 5.82. The Balaban J connectivity index is 1.52. The minimum absolute atomic E-state index is 0.0276. The van der Waals surface area contributed by atoms with E-state index in [9.17, 15) is 18.0 Å².